The predicted molar refractivity (Wildman–Crippen MR) is 111 cm³/mol. The van der Waals surface area contributed by atoms with E-state index in [1.807, 2.05) is 6.07 Å². The zero-order valence-corrected chi connectivity index (χ0v) is 16.6. The zero-order valence-electron chi connectivity index (χ0n) is 16.6. The number of nitrogens with zero attached hydrogens (tertiary/aromatic N) is 1. The monoisotopic (exact) mass is 394 g/mol. The number of nitrogens with one attached hydrogen (secondary N) is 3. The molecular formula is C22H26N4O3. The maximum absolute atomic E-state index is 12.2. The van der Waals surface area contributed by atoms with Crippen molar-refractivity contribution in [2.45, 2.75) is 39.2 Å². The number of rotatable bonds is 4. The van der Waals surface area contributed by atoms with Crippen molar-refractivity contribution in [1.82, 2.24) is 10.3 Å². The van der Waals surface area contributed by atoms with E-state index in [4.69, 9.17) is 0 Å². The molecule has 29 heavy (non-hydrogen) atoms. The molecule has 3 amide bonds. The van der Waals surface area contributed by atoms with Gasteiger partial charge in [-0.05, 0) is 42.5 Å². The number of amides is 3. The Kier molecular flexibility index (Phi) is 6.59. The molecule has 7 heteroatoms. The van der Waals surface area contributed by atoms with Crippen molar-refractivity contribution >= 4 is 29.2 Å². The summed E-state index contributed by atoms with van der Waals surface area (Å²) in [5.41, 5.74) is 0.905. The van der Waals surface area contributed by atoms with Gasteiger partial charge >= 0.3 is 11.8 Å². The van der Waals surface area contributed by atoms with Gasteiger partial charge in [0.15, 0.2) is 0 Å². The van der Waals surface area contributed by atoms with Crippen LogP contribution in [0.1, 0.15) is 43.5 Å². The van der Waals surface area contributed by atoms with Crippen LogP contribution in [0.3, 0.4) is 0 Å². The van der Waals surface area contributed by atoms with E-state index in [9.17, 15) is 14.4 Å². The number of hydrogen-bond acceptors (Lipinski definition) is 4. The number of carbonyl (C=O) groups is 3. The molecule has 3 N–H and O–H groups in total. The lowest BCUT2D eigenvalue weighted by molar-refractivity contribution is -0.137. The molecule has 0 spiro atoms. The maximum atomic E-state index is 12.2. The third kappa shape index (κ3) is 5.40. The van der Waals surface area contributed by atoms with E-state index in [0.29, 0.717) is 28.9 Å². The van der Waals surface area contributed by atoms with Gasteiger partial charge in [-0.2, -0.15) is 0 Å². The summed E-state index contributed by atoms with van der Waals surface area (Å²) in [6.07, 6.45) is 4.50. The Labute approximate surface area is 170 Å². The molecule has 3 atom stereocenters. The zero-order chi connectivity index (χ0) is 20.8. The smallest absolute Gasteiger partial charge is 0.313 e. The fourth-order valence-corrected chi connectivity index (χ4v) is 3.53. The van der Waals surface area contributed by atoms with Gasteiger partial charge in [-0.3, -0.25) is 14.4 Å². The van der Waals surface area contributed by atoms with Gasteiger partial charge in [0.25, 0.3) is 5.91 Å². The minimum Gasteiger partial charge on any atom is -0.345 e. The van der Waals surface area contributed by atoms with Crippen LogP contribution in [0.15, 0.2) is 48.7 Å². The van der Waals surface area contributed by atoms with Crippen molar-refractivity contribution in [3.63, 3.8) is 0 Å². The topological polar surface area (TPSA) is 100 Å². The van der Waals surface area contributed by atoms with Gasteiger partial charge in [0.1, 0.15) is 5.82 Å². The molecule has 1 saturated carbocycles. The average molecular weight is 394 g/mol. The van der Waals surface area contributed by atoms with Crippen LogP contribution >= 0.6 is 0 Å². The maximum Gasteiger partial charge on any atom is 0.313 e. The Morgan fingerprint density at radius 1 is 0.931 bits per heavy atom. The van der Waals surface area contributed by atoms with Crippen LogP contribution in [0.5, 0.6) is 0 Å². The van der Waals surface area contributed by atoms with E-state index in [0.717, 1.165) is 19.3 Å². The van der Waals surface area contributed by atoms with Gasteiger partial charge in [0, 0.05) is 11.6 Å². The van der Waals surface area contributed by atoms with Crippen molar-refractivity contribution < 1.29 is 14.4 Å². The van der Waals surface area contributed by atoms with E-state index in [-0.39, 0.29) is 11.9 Å². The molecule has 1 aliphatic rings. The van der Waals surface area contributed by atoms with Crippen LogP contribution in [0, 0.1) is 11.8 Å². The normalized spacial score (nSPS) is 21.1. The summed E-state index contributed by atoms with van der Waals surface area (Å²) < 4.78 is 0. The van der Waals surface area contributed by atoms with Gasteiger partial charge in [-0.1, -0.05) is 44.9 Å². The lowest BCUT2D eigenvalue weighted by atomic mass is 9.78. The summed E-state index contributed by atoms with van der Waals surface area (Å²) in [7, 11) is 0. The summed E-state index contributed by atoms with van der Waals surface area (Å²) in [5, 5.41) is 8.07. The van der Waals surface area contributed by atoms with Gasteiger partial charge in [-0.15, -0.1) is 0 Å². The molecule has 1 aromatic heterocycles. The fourth-order valence-electron chi connectivity index (χ4n) is 3.53. The number of benzene rings is 1. The first-order valence-electron chi connectivity index (χ1n) is 9.88. The number of pyridine rings is 1. The standard InChI is InChI=1S/C22H26N4O3/c1-14-7-6-10-18(15(14)2)25-22(29)21(28)24-17-11-12-19(23-13-17)26-20(27)16-8-4-3-5-9-16/h3-5,8-9,11-15,18H,6-7,10H2,1-2H3,(H,24,28)(H,25,29)(H,23,26,27)/t14-,15+,18-/m1/s1. The quantitative estimate of drug-likeness (QED) is 0.693. The van der Waals surface area contributed by atoms with Gasteiger partial charge in [0.05, 0.1) is 11.9 Å². The first-order valence-corrected chi connectivity index (χ1v) is 9.88. The van der Waals surface area contributed by atoms with Crippen LogP contribution in [0.25, 0.3) is 0 Å². The molecule has 152 valence electrons. The Hall–Kier alpha value is -3.22. The van der Waals surface area contributed by atoms with Crippen LogP contribution in [0.4, 0.5) is 11.5 Å². The van der Waals surface area contributed by atoms with E-state index in [1.165, 1.54) is 6.20 Å². The second kappa shape index (κ2) is 9.32. The molecule has 0 bridgehead atoms. The molecule has 7 nitrogen and oxygen atoms in total. The van der Waals surface area contributed by atoms with E-state index >= 15 is 0 Å². The highest BCUT2D eigenvalue weighted by molar-refractivity contribution is 6.39. The van der Waals surface area contributed by atoms with E-state index in [2.05, 4.69) is 34.8 Å². The van der Waals surface area contributed by atoms with Crippen LogP contribution < -0.4 is 16.0 Å². The van der Waals surface area contributed by atoms with E-state index < -0.39 is 11.8 Å². The van der Waals surface area contributed by atoms with Crippen LogP contribution in [0.2, 0.25) is 0 Å². The van der Waals surface area contributed by atoms with Gasteiger partial charge in [0.2, 0.25) is 0 Å². The Morgan fingerprint density at radius 3 is 2.38 bits per heavy atom. The minimum atomic E-state index is -0.724. The highest BCUT2D eigenvalue weighted by atomic mass is 16.2. The van der Waals surface area contributed by atoms with Gasteiger partial charge < -0.3 is 16.0 Å². The average Bonchev–Trinajstić information content (AvgIpc) is 2.73. The predicted octanol–water partition coefficient (Wildman–Crippen LogP) is 3.21. The first kappa shape index (κ1) is 20.5. The summed E-state index contributed by atoms with van der Waals surface area (Å²) >= 11 is 0. The lowest BCUT2D eigenvalue weighted by Crippen LogP contribution is -2.47. The molecule has 2 aromatic rings. The summed E-state index contributed by atoms with van der Waals surface area (Å²) in [6, 6.07) is 12.0. The number of aromatic nitrogens is 1. The summed E-state index contributed by atoms with van der Waals surface area (Å²) in [6.45, 7) is 4.28. The number of carbonyl (C=O) groups excluding carboxylic acids is 3. The third-order valence-corrected chi connectivity index (χ3v) is 5.53. The van der Waals surface area contributed by atoms with Crippen molar-refractivity contribution in [3.05, 3.63) is 54.2 Å². The minimum absolute atomic E-state index is 0.0192. The fraction of sp³-hybridized carbons (Fsp3) is 0.364. The summed E-state index contributed by atoms with van der Waals surface area (Å²) in [5.74, 6) is -0.415. The SMILES string of the molecule is C[C@H]1[C@H](C)CCC[C@H]1NC(=O)C(=O)Nc1ccc(NC(=O)c2ccccc2)nc1. The van der Waals surface area contributed by atoms with Crippen molar-refractivity contribution in [1.29, 1.82) is 0 Å². The molecular weight excluding hydrogens is 368 g/mol. The second-order valence-corrected chi connectivity index (χ2v) is 7.55. The lowest BCUT2D eigenvalue weighted by Gasteiger charge is -2.34. The highest BCUT2D eigenvalue weighted by Crippen LogP contribution is 2.29. The largest absolute Gasteiger partial charge is 0.345 e. The molecule has 0 radical (unpaired) electrons. The van der Waals surface area contributed by atoms with Gasteiger partial charge in [-0.25, -0.2) is 4.98 Å². The number of hydrogen-bond donors (Lipinski definition) is 3. The molecule has 1 heterocycles. The summed E-state index contributed by atoms with van der Waals surface area (Å²) in [4.78, 5) is 40.7. The second-order valence-electron chi connectivity index (χ2n) is 7.55. The van der Waals surface area contributed by atoms with Crippen molar-refractivity contribution in [2.75, 3.05) is 10.6 Å². The molecule has 0 saturated heterocycles. The van der Waals surface area contributed by atoms with Crippen molar-refractivity contribution in [3.8, 4) is 0 Å². The van der Waals surface area contributed by atoms with Crippen LogP contribution in [-0.2, 0) is 9.59 Å². The molecule has 0 aliphatic heterocycles. The Morgan fingerprint density at radius 2 is 1.69 bits per heavy atom. The first-order chi connectivity index (χ1) is 13.9. The van der Waals surface area contributed by atoms with Crippen molar-refractivity contribution in [2.24, 2.45) is 11.8 Å². The highest BCUT2D eigenvalue weighted by Gasteiger charge is 2.29. The number of anilines is 2. The Bertz CT molecular complexity index is 867. The third-order valence-electron chi connectivity index (χ3n) is 5.53. The molecule has 0 unspecified atom stereocenters. The Balaban J connectivity index is 1.53. The van der Waals surface area contributed by atoms with E-state index in [1.54, 1.807) is 36.4 Å². The van der Waals surface area contributed by atoms with Crippen LogP contribution in [-0.4, -0.2) is 28.7 Å². The molecule has 3 rings (SSSR count). The molecule has 1 aromatic carbocycles. The molecule has 1 aliphatic carbocycles. The molecule has 1 fully saturated rings.